The maximum Gasteiger partial charge on any atom is 0.248 e. The summed E-state index contributed by atoms with van der Waals surface area (Å²) in [5.74, 6) is -0.196. The number of nitrogens with zero attached hydrogens (tertiary/aromatic N) is 1. The first-order chi connectivity index (χ1) is 11.1. The highest BCUT2D eigenvalue weighted by Crippen LogP contribution is 2.25. The van der Waals surface area contributed by atoms with Crippen molar-refractivity contribution in [3.63, 3.8) is 0 Å². The SMILES string of the molecule is CCCC(NC(=O)C(N)C(C)(C)C)C(=O)Nc1ncc(C(C)C)s1. The Bertz CT molecular complexity index is 563. The van der Waals surface area contributed by atoms with Gasteiger partial charge in [0.2, 0.25) is 11.8 Å². The van der Waals surface area contributed by atoms with Crippen molar-refractivity contribution < 1.29 is 9.59 Å². The molecule has 0 saturated heterocycles. The summed E-state index contributed by atoms with van der Waals surface area (Å²) in [5.41, 5.74) is 5.61. The quantitative estimate of drug-likeness (QED) is 0.701. The maximum absolute atomic E-state index is 12.5. The van der Waals surface area contributed by atoms with Gasteiger partial charge in [-0.2, -0.15) is 0 Å². The largest absolute Gasteiger partial charge is 0.343 e. The van der Waals surface area contributed by atoms with Crippen molar-refractivity contribution in [1.29, 1.82) is 0 Å². The molecule has 6 nitrogen and oxygen atoms in total. The Morgan fingerprint density at radius 2 is 1.92 bits per heavy atom. The number of hydrogen-bond donors (Lipinski definition) is 3. The van der Waals surface area contributed by atoms with Gasteiger partial charge in [0, 0.05) is 11.1 Å². The van der Waals surface area contributed by atoms with Gasteiger partial charge in [0.05, 0.1) is 6.04 Å². The molecule has 2 atom stereocenters. The highest BCUT2D eigenvalue weighted by Gasteiger charge is 2.30. The average molecular weight is 355 g/mol. The van der Waals surface area contributed by atoms with E-state index in [0.29, 0.717) is 17.5 Å². The van der Waals surface area contributed by atoms with Crippen molar-refractivity contribution in [1.82, 2.24) is 10.3 Å². The van der Waals surface area contributed by atoms with Crippen molar-refractivity contribution in [2.45, 2.75) is 72.4 Å². The second-order valence-electron chi connectivity index (χ2n) is 7.41. The molecular weight excluding hydrogens is 324 g/mol. The van der Waals surface area contributed by atoms with E-state index in [-0.39, 0.29) is 17.2 Å². The standard InChI is InChI=1S/C17H30N4O2S/c1-7-8-11(20-15(23)13(18)17(4,5)6)14(22)21-16-19-9-12(24-16)10(2)3/h9-11,13H,7-8,18H2,1-6H3,(H,20,23)(H,19,21,22). The van der Waals surface area contributed by atoms with E-state index in [1.54, 1.807) is 6.20 Å². The number of nitrogens with two attached hydrogens (primary N) is 1. The summed E-state index contributed by atoms with van der Waals surface area (Å²) in [5, 5.41) is 6.13. The van der Waals surface area contributed by atoms with Gasteiger partial charge in [0.15, 0.2) is 5.13 Å². The Hall–Kier alpha value is -1.47. The smallest absolute Gasteiger partial charge is 0.248 e. The summed E-state index contributed by atoms with van der Waals surface area (Å²) in [6.07, 6.45) is 3.10. The van der Waals surface area contributed by atoms with Crippen molar-refractivity contribution in [3.05, 3.63) is 11.1 Å². The summed E-state index contributed by atoms with van der Waals surface area (Å²) in [7, 11) is 0. The predicted octanol–water partition coefficient (Wildman–Crippen LogP) is 2.86. The molecule has 0 spiro atoms. The van der Waals surface area contributed by atoms with Crippen LogP contribution in [0.3, 0.4) is 0 Å². The zero-order valence-corrected chi connectivity index (χ0v) is 16.3. The number of carbonyl (C=O) groups is 2. The third-order valence-electron chi connectivity index (χ3n) is 3.75. The highest BCUT2D eigenvalue weighted by molar-refractivity contribution is 7.15. The van der Waals surface area contributed by atoms with Crippen molar-refractivity contribution in [2.75, 3.05) is 5.32 Å². The second-order valence-corrected chi connectivity index (χ2v) is 8.47. The van der Waals surface area contributed by atoms with Gasteiger partial charge < -0.3 is 16.4 Å². The first kappa shape index (κ1) is 20.6. The number of thiazole rings is 1. The molecule has 136 valence electrons. The lowest BCUT2D eigenvalue weighted by molar-refractivity contribution is -0.129. The molecule has 0 saturated carbocycles. The van der Waals surface area contributed by atoms with Crippen LogP contribution in [0, 0.1) is 5.41 Å². The minimum atomic E-state index is -0.669. The molecule has 1 heterocycles. The topological polar surface area (TPSA) is 97.1 Å². The van der Waals surface area contributed by atoms with Gasteiger partial charge in [0.1, 0.15) is 6.04 Å². The Balaban J connectivity index is 2.75. The molecule has 2 amide bonds. The van der Waals surface area contributed by atoms with Crippen molar-refractivity contribution >= 4 is 28.3 Å². The monoisotopic (exact) mass is 354 g/mol. The molecule has 4 N–H and O–H groups in total. The van der Waals surface area contributed by atoms with Crippen LogP contribution in [0.25, 0.3) is 0 Å². The van der Waals surface area contributed by atoms with E-state index in [9.17, 15) is 9.59 Å². The number of rotatable bonds is 7. The van der Waals surface area contributed by atoms with Crippen LogP contribution in [0.15, 0.2) is 6.20 Å². The van der Waals surface area contributed by atoms with Gasteiger partial charge in [-0.25, -0.2) is 4.98 Å². The number of anilines is 1. The van der Waals surface area contributed by atoms with E-state index < -0.39 is 12.1 Å². The molecule has 0 aliphatic carbocycles. The molecule has 1 aromatic heterocycles. The van der Waals surface area contributed by atoms with E-state index in [0.717, 1.165) is 11.3 Å². The molecule has 2 unspecified atom stereocenters. The number of nitrogens with one attached hydrogen (secondary N) is 2. The normalized spacial score (nSPS) is 14.3. The molecule has 0 aliphatic rings. The van der Waals surface area contributed by atoms with Gasteiger partial charge in [-0.15, -0.1) is 11.3 Å². The molecule has 0 aliphatic heterocycles. The fraction of sp³-hybridized carbons (Fsp3) is 0.706. The summed E-state index contributed by atoms with van der Waals surface area (Å²) in [4.78, 5) is 30.1. The van der Waals surface area contributed by atoms with E-state index >= 15 is 0 Å². The third kappa shape index (κ3) is 5.87. The van der Waals surface area contributed by atoms with Crippen LogP contribution < -0.4 is 16.4 Å². The van der Waals surface area contributed by atoms with E-state index in [2.05, 4.69) is 29.5 Å². The minimum Gasteiger partial charge on any atom is -0.343 e. The van der Waals surface area contributed by atoms with Gasteiger partial charge in [-0.1, -0.05) is 48.0 Å². The van der Waals surface area contributed by atoms with Crippen molar-refractivity contribution in [3.8, 4) is 0 Å². The van der Waals surface area contributed by atoms with Gasteiger partial charge >= 0.3 is 0 Å². The Kier molecular flexibility index (Phi) is 7.35. The zero-order valence-electron chi connectivity index (χ0n) is 15.5. The molecule has 1 rings (SSSR count). The van der Waals surface area contributed by atoms with Crippen LogP contribution in [0.4, 0.5) is 5.13 Å². The van der Waals surface area contributed by atoms with Crippen LogP contribution in [-0.4, -0.2) is 28.9 Å². The molecule has 0 radical (unpaired) electrons. The number of amides is 2. The number of carbonyl (C=O) groups excluding carboxylic acids is 2. The van der Waals surface area contributed by atoms with Crippen LogP contribution in [0.5, 0.6) is 0 Å². The van der Waals surface area contributed by atoms with E-state index in [1.165, 1.54) is 11.3 Å². The minimum absolute atomic E-state index is 0.254. The molecule has 1 aromatic rings. The zero-order chi connectivity index (χ0) is 18.5. The van der Waals surface area contributed by atoms with Crippen LogP contribution in [0.1, 0.15) is 65.2 Å². The number of hydrogen-bond acceptors (Lipinski definition) is 5. The van der Waals surface area contributed by atoms with E-state index in [4.69, 9.17) is 5.73 Å². The fourth-order valence-corrected chi connectivity index (χ4v) is 2.84. The van der Waals surface area contributed by atoms with Gasteiger partial charge in [0.25, 0.3) is 0 Å². The first-order valence-electron chi connectivity index (χ1n) is 8.38. The summed E-state index contributed by atoms with van der Waals surface area (Å²) >= 11 is 1.45. The summed E-state index contributed by atoms with van der Waals surface area (Å²) in [6, 6.07) is -1.28. The lowest BCUT2D eigenvalue weighted by Gasteiger charge is -2.27. The first-order valence-corrected chi connectivity index (χ1v) is 9.20. The summed E-state index contributed by atoms with van der Waals surface area (Å²) in [6.45, 7) is 11.8. The second kappa shape index (κ2) is 8.58. The molecule has 0 aromatic carbocycles. The van der Waals surface area contributed by atoms with Gasteiger partial charge in [-0.05, 0) is 17.8 Å². The van der Waals surface area contributed by atoms with Crippen LogP contribution in [-0.2, 0) is 9.59 Å². The van der Waals surface area contributed by atoms with Gasteiger partial charge in [-0.3, -0.25) is 9.59 Å². The fourth-order valence-electron chi connectivity index (χ4n) is 2.02. The Morgan fingerprint density at radius 1 is 1.29 bits per heavy atom. The molecule has 0 fully saturated rings. The Labute approximate surface area is 148 Å². The Morgan fingerprint density at radius 3 is 2.38 bits per heavy atom. The van der Waals surface area contributed by atoms with Crippen LogP contribution in [0.2, 0.25) is 0 Å². The highest BCUT2D eigenvalue weighted by atomic mass is 32.1. The predicted molar refractivity (Wildman–Crippen MR) is 99.1 cm³/mol. The molecule has 0 bridgehead atoms. The maximum atomic E-state index is 12.5. The lowest BCUT2D eigenvalue weighted by atomic mass is 9.86. The third-order valence-corrected chi connectivity index (χ3v) is 4.96. The lowest BCUT2D eigenvalue weighted by Crippen LogP contribution is -2.54. The van der Waals surface area contributed by atoms with E-state index in [1.807, 2.05) is 27.7 Å². The number of aromatic nitrogens is 1. The molecule has 7 heteroatoms. The summed E-state index contributed by atoms with van der Waals surface area (Å²) < 4.78 is 0. The van der Waals surface area contributed by atoms with Crippen molar-refractivity contribution in [2.24, 2.45) is 11.1 Å². The molecular formula is C17H30N4O2S. The van der Waals surface area contributed by atoms with Crippen LogP contribution >= 0.6 is 11.3 Å². The molecule has 24 heavy (non-hydrogen) atoms. The average Bonchev–Trinajstić information content (AvgIpc) is 2.93.